The average molecular weight is 378 g/mol. The summed E-state index contributed by atoms with van der Waals surface area (Å²) >= 11 is 6.08. The number of amides is 1. The number of carbonyl (C=O) groups excluding carboxylic acids is 1. The molecule has 0 radical (unpaired) electrons. The maximum atomic E-state index is 12.8. The van der Waals surface area contributed by atoms with E-state index in [0.717, 1.165) is 6.42 Å². The number of likely N-dealkylation sites (tertiary alicyclic amines) is 1. The van der Waals surface area contributed by atoms with Gasteiger partial charge in [-0.1, -0.05) is 11.6 Å². The number of benzene rings is 1. The standard InChI is InChI=1S/C18H20ClN3O4/c1-26-16-12(7-10(19)8-13(16)18(24)25)14-4-5-15(21-14)17(23)22-6-2-3-11(22)9-20/h7-8,11,14-15,21H,2-6H2,1H3,(H,24,25)/t11-,14+,15-/m0/s1. The van der Waals surface area contributed by atoms with Crippen molar-refractivity contribution in [3.8, 4) is 11.8 Å². The van der Waals surface area contributed by atoms with E-state index in [1.165, 1.54) is 13.2 Å². The molecule has 0 aromatic heterocycles. The first kappa shape index (κ1) is 18.5. The summed E-state index contributed by atoms with van der Waals surface area (Å²) in [5.41, 5.74) is 0.626. The van der Waals surface area contributed by atoms with Crippen molar-refractivity contribution < 1.29 is 19.4 Å². The molecular weight excluding hydrogens is 358 g/mol. The lowest BCUT2D eigenvalue weighted by Crippen LogP contribution is -2.45. The van der Waals surface area contributed by atoms with Crippen LogP contribution in [0.15, 0.2) is 12.1 Å². The van der Waals surface area contributed by atoms with Gasteiger partial charge in [0.25, 0.3) is 0 Å². The fraction of sp³-hybridized carbons (Fsp3) is 0.500. The molecule has 0 bridgehead atoms. The second-order valence-corrected chi connectivity index (χ2v) is 6.99. The highest BCUT2D eigenvalue weighted by Gasteiger charge is 2.38. The summed E-state index contributed by atoms with van der Waals surface area (Å²) in [6.07, 6.45) is 2.81. The Balaban J connectivity index is 1.82. The maximum Gasteiger partial charge on any atom is 0.339 e. The van der Waals surface area contributed by atoms with Gasteiger partial charge in [0.15, 0.2) is 0 Å². The van der Waals surface area contributed by atoms with Crippen molar-refractivity contribution >= 4 is 23.5 Å². The number of aromatic carboxylic acids is 1. The SMILES string of the molecule is COc1c(C(=O)O)cc(Cl)cc1[C@H]1CC[C@@H](C(=O)N2CCC[C@H]2C#N)N1. The molecule has 2 saturated heterocycles. The maximum absolute atomic E-state index is 12.8. The van der Waals surface area contributed by atoms with Crippen molar-refractivity contribution in [2.24, 2.45) is 0 Å². The van der Waals surface area contributed by atoms with Crippen LogP contribution in [0.2, 0.25) is 5.02 Å². The monoisotopic (exact) mass is 377 g/mol. The predicted molar refractivity (Wildman–Crippen MR) is 94.2 cm³/mol. The highest BCUT2D eigenvalue weighted by Crippen LogP contribution is 2.38. The molecule has 3 rings (SSSR count). The first-order valence-electron chi connectivity index (χ1n) is 8.53. The fourth-order valence-corrected chi connectivity index (χ4v) is 4.03. The van der Waals surface area contributed by atoms with E-state index in [-0.39, 0.29) is 29.3 Å². The number of carboxylic acid groups (broad SMARTS) is 1. The zero-order valence-electron chi connectivity index (χ0n) is 14.4. The molecule has 2 aliphatic heterocycles. The smallest absolute Gasteiger partial charge is 0.339 e. The van der Waals surface area contributed by atoms with Gasteiger partial charge in [0.2, 0.25) is 5.91 Å². The number of nitriles is 1. The van der Waals surface area contributed by atoms with E-state index in [4.69, 9.17) is 16.3 Å². The summed E-state index contributed by atoms with van der Waals surface area (Å²) in [7, 11) is 1.42. The van der Waals surface area contributed by atoms with Gasteiger partial charge in [-0.2, -0.15) is 5.26 Å². The Hall–Kier alpha value is -2.30. The van der Waals surface area contributed by atoms with E-state index >= 15 is 0 Å². The molecule has 8 heteroatoms. The minimum absolute atomic E-state index is 0.00401. The van der Waals surface area contributed by atoms with E-state index in [1.54, 1.807) is 11.0 Å². The molecule has 0 spiro atoms. The quantitative estimate of drug-likeness (QED) is 0.834. The molecule has 0 saturated carbocycles. The molecule has 1 aromatic rings. The number of rotatable bonds is 4. The molecule has 2 N–H and O–H groups in total. The Morgan fingerprint density at radius 1 is 1.38 bits per heavy atom. The molecule has 7 nitrogen and oxygen atoms in total. The van der Waals surface area contributed by atoms with Gasteiger partial charge >= 0.3 is 5.97 Å². The number of nitrogens with zero attached hydrogens (tertiary/aromatic N) is 2. The van der Waals surface area contributed by atoms with Crippen molar-refractivity contribution in [3.05, 3.63) is 28.3 Å². The largest absolute Gasteiger partial charge is 0.495 e. The first-order chi connectivity index (χ1) is 12.5. The van der Waals surface area contributed by atoms with E-state index in [9.17, 15) is 20.0 Å². The van der Waals surface area contributed by atoms with Gasteiger partial charge in [0.05, 0.1) is 19.2 Å². The highest BCUT2D eigenvalue weighted by atomic mass is 35.5. The molecule has 1 aromatic carbocycles. The summed E-state index contributed by atoms with van der Waals surface area (Å²) in [5.74, 6) is -0.940. The molecule has 3 atom stereocenters. The second-order valence-electron chi connectivity index (χ2n) is 6.55. The van der Waals surface area contributed by atoms with Crippen LogP contribution >= 0.6 is 11.6 Å². The molecule has 0 unspecified atom stereocenters. The number of halogens is 1. The van der Waals surface area contributed by atoms with Crippen LogP contribution in [0.3, 0.4) is 0 Å². The number of methoxy groups -OCH3 is 1. The van der Waals surface area contributed by atoms with E-state index < -0.39 is 12.0 Å². The Bertz CT molecular complexity index is 776. The molecule has 1 amide bonds. The predicted octanol–water partition coefficient (Wildman–Crippen LogP) is 2.35. The van der Waals surface area contributed by atoms with Gasteiger partial charge in [-0.25, -0.2) is 4.79 Å². The van der Waals surface area contributed by atoms with Crippen LogP contribution in [0.5, 0.6) is 5.75 Å². The number of carbonyl (C=O) groups is 2. The Morgan fingerprint density at radius 2 is 2.15 bits per heavy atom. The molecule has 0 aliphatic carbocycles. The van der Waals surface area contributed by atoms with Crippen LogP contribution in [0.4, 0.5) is 0 Å². The van der Waals surface area contributed by atoms with Crippen LogP contribution in [-0.2, 0) is 4.79 Å². The lowest BCUT2D eigenvalue weighted by molar-refractivity contribution is -0.133. The number of nitrogens with one attached hydrogen (secondary N) is 1. The normalized spacial score (nSPS) is 25.1. The van der Waals surface area contributed by atoms with Gasteiger partial charge in [0.1, 0.15) is 17.4 Å². The van der Waals surface area contributed by atoms with Crippen LogP contribution in [0.1, 0.15) is 47.6 Å². The van der Waals surface area contributed by atoms with E-state index in [2.05, 4.69) is 11.4 Å². The molecule has 2 aliphatic rings. The third-order valence-corrected chi connectivity index (χ3v) is 5.24. The highest BCUT2D eigenvalue weighted by molar-refractivity contribution is 6.31. The Labute approximate surface area is 156 Å². The zero-order valence-corrected chi connectivity index (χ0v) is 15.1. The third kappa shape index (κ3) is 3.35. The summed E-state index contributed by atoms with van der Waals surface area (Å²) < 4.78 is 5.32. The Kier molecular flexibility index (Phi) is 5.35. The first-order valence-corrected chi connectivity index (χ1v) is 8.91. The van der Waals surface area contributed by atoms with Crippen molar-refractivity contribution in [2.45, 2.75) is 43.8 Å². The summed E-state index contributed by atoms with van der Waals surface area (Å²) in [6.45, 7) is 0.601. The van der Waals surface area contributed by atoms with Crippen LogP contribution < -0.4 is 10.1 Å². The van der Waals surface area contributed by atoms with Gasteiger partial charge < -0.3 is 14.7 Å². The number of hydrogen-bond acceptors (Lipinski definition) is 5. The number of ether oxygens (including phenoxy) is 1. The van der Waals surface area contributed by atoms with Gasteiger partial charge in [-0.15, -0.1) is 0 Å². The van der Waals surface area contributed by atoms with Crippen LogP contribution in [0.25, 0.3) is 0 Å². The summed E-state index contributed by atoms with van der Waals surface area (Å²) in [6, 6.07) is 4.21. The summed E-state index contributed by atoms with van der Waals surface area (Å²) in [5, 5.41) is 22.1. The number of carboxylic acids is 1. The molecule has 138 valence electrons. The van der Waals surface area contributed by atoms with Crippen molar-refractivity contribution in [1.82, 2.24) is 10.2 Å². The lowest BCUT2D eigenvalue weighted by atomic mass is 10.0. The van der Waals surface area contributed by atoms with Gasteiger partial charge in [-0.3, -0.25) is 10.1 Å². The van der Waals surface area contributed by atoms with E-state index in [1.807, 2.05) is 0 Å². The zero-order chi connectivity index (χ0) is 18.8. The van der Waals surface area contributed by atoms with Gasteiger partial charge in [-0.05, 0) is 37.8 Å². The lowest BCUT2D eigenvalue weighted by Gasteiger charge is -2.24. The van der Waals surface area contributed by atoms with E-state index in [0.29, 0.717) is 36.4 Å². The van der Waals surface area contributed by atoms with Crippen LogP contribution in [-0.4, -0.2) is 47.6 Å². The minimum atomic E-state index is -1.12. The third-order valence-electron chi connectivity index (χ3n) is 5.02. The molecule has 2 heterocycles. The fourth-order valence-electron chi connectivity index (χ4n) is 3.81. The number of hydrogen-bond donors (Lipinski definition) is 2. The average Bonchev–Trinajstić information content (AvgIpc) is 3.29. The molecule has 26 heavy (non-hydrogen) atoms. The topological polar surface area (TPSA) is 103 Å². The van der Waals surface area contributed by atoms with Crippen molar-refractivity contribution in [1.29, 1.82) is 5.26 Å². The van der Waals surface area contributed by atoms with Crippen LogP contribution in [0, 0.1) is 11.3 Å². The Morgan fingerprint density at radius 3 is 2.81 bits per heavy atom. The van der Waals surface area contributed by atoms with Crippen molar-refractivity contribution in [2.75, 3.05) is 13.7 Å². The minimum Gasteiger partial charge on any atom is -0.495 e. The summed E-state index contributed by atoms with van der Waals surface area (Å²) in [4.78, 5) is 25.9. The molecular formula is C18H20ClN3O4. The second kappa shape index (κ2) is 7.52. The van der Waals surface area contributed by atoms with Gasteiger partial charge in [0, 0.05) is 23.2 Å². The molecule has 2 fully saturated rings. The van der Waals surface area contributed by atoms with Crippen molar-refractivity contribution in [3.63, 3.8) is 0 Å².